The van der Waals surface area contributed by atoms with E-state index >= 15 is 0 Å². The first-order chi connectivity index (χ1) is 7.72. The van der Waals surface area contributed by atoms with Crippen LogP contribution >= 0.6 is 23.5 Å². The molecular weight excluding hydrogens is 236 g/mol. The van der Waals surface area contributed by atoms with Gasteiger partial charge >= 0.3 is 0 Å². The predicted molar refractivity (Wildman–Crippen MR) is 75.0 cm³/mol. The first kappa shape index (κ1) is 13.4. The molecular formula is C13H16OS2. The number of rotatable bonds is 5. The third-order valence-corrected chi connectivity index (χ3v) is 3.50. The highest BCUT2D eigenvalue weighted by molar-refractivity contribution is 8.13. The van der Waals surface area contributed by atoms with Crippen LogP contribution in [0.2, 0.25) is 0 Å². The van der Waals surface area contributed by atoms with Crippen molar-refractivity contribution < 1.29 is 4.79 Å². The quantitative estimate of drug-likeness (QED) is 0.735. The summed E-state index contributed by atoms with van der Waals surface area (Å²) < 4.78 is 0. The molecule has 16 heavy (non-hydrogen) atoms. The lowest BCUT2D eigenvalue weighted by Gasteiger charge is -1.99. The number of hydrogen-bond donors (Lipinski definition) is 0. The van der Waals surface area contributed by atoms with Crippen LogP contribution in [0, 0.1) is 0 Å². The molecule has 0 radical (unpaired) electrons. The fourth-order valence-corrected chi connectivity index (χ4v) is 2.38. The highest BCUT2D eigenvalue weighted by atomic mass is 32.2. The van der Waals surface area contributed by atoms with E-state index in [4.69, 9.17) is 0 Å². The molecule has 1 aromatic rings. The van der Waals surface area contributed by atoms with E-state index in [2.05, 4.69) is 37.3 Å². The summed E-state index contributed by atoms with van der Waals surface area (Å²) in [4.78, 5) is 12.0. The molecule has 1 rings (SSSR count). The van der Waals surface area contributed by atoms with E-state index in [1.54, 1.807) is 6.92 Å². The van der Waals surface area contributed by atoms with Crippen molar-refractivity contribution in [3.05, 3.63) is 35.9 Å². The van der Waals surface area contributed by atoms with Gasteiger partial charge in [-0.25, -0.2) is 0 Å². The molecule has 0 amide bonds. The average molecular weight is 252 g/mol. The molecule has 0 saturated heterocycles. The van der Waals surface area contributed by atoms with Crippen LogP contribution in [0.3, 0.4) is 0 Å². The number of benzene rings is 1. The Morgan fingerprint density at radius 1 is 1.44 bits per heavy atom. The number of carbonyl (C=O) groups excluding carboxylic acids is 1. The van der Waals surface area contributed by atoms with Crippen molar-refractivity contribution in [3.8, 4) is 0 Å². The predicted octanol–water partition coefficient (Wildman–Crippen LogP) is 4.09. The lowest BCUT2D eigenvalue weighted by Crippen LogP contribution is -1.81. The van der Waals surface area contributed by atoms with Gasteiger partial charge in [0, 0.05) is 17.6 Å². The largest absolute Gasteiger partial charge is 0.288 e. The zero-order valence-electron chi connectivity index (χ0n) is 9.60. The highest BCUT2D eigenvalue weighted by Gasteiger charge is 1.93. The lowest BCUT2D eigenvalue weighted by molar-refractivity contribution is -0.109. The van der Waals surface area contributed by atoms with E-state index < -0.39 is 0 Å². The van der Waals surface area contributed by atoms with Gasteiger partial charge in [-0.05, 0) is 23.4 Å². The first-order valence-corrected chi connectivity index (χ1v) is 7.22. The van der Waals surface area contributed by atoms with Gasteiger partial charge in [0.1, 0.15) is 0 Å². The van der Waals surface area contributed by atoms with Crippen molar-refractivity contribution in [3.63, 3.8) is 0 Å². The van der Waals surface area contributed by atoms with Gasteiger partial charge < -0.3 is 0 Å². The summed E-state index contributed by atoms with van der Waals surface area (Å²) in [7, 11) is 0. The van der Waals surface area contributed by atoms with Crippen LogP contribution in [0.4, 0.5) is 0 Å². The zero-order valence-corrected chi connectivity index (χ0v) is 11.2. The zero-order chi connectivity index (χ0) is 11.8. The van der Waals surface area contributed by atoms with E-state index in [1.165, 1.54) is 22.2 Å². The summed E-state index contributed by atoms with van der Waals surface area (Å²) in [6.07, 6.45) is 4.09. The Balaban J connectivity index is 2.52. The van der Waals surface area contributed by atoms with Crippen molar-refractivity contribution in [2.24, 2.45) is 0 Å². The molecule has 0 spiro atoms. The molecule has 0 fully saturated rings. The normalized spacial score (nSPS) is 10.9. The molecule has 0 saturated carbocycles. The van der Waals surface area contributed by atoms with Gasteiger partial charge in [0.2, 0.25) is 0 Å². The van der Waals surface area contributed by atoms with Crippen molar-refractivity contribution in [1.82, 2.24) is 0 Å². The van der Waals surface area contributed by atoms with Crippen LogP contribution in [0.5, 0.6) is 0 Å². The third-order valence-electron chi connectivity index (χ3n) is 1.86. The van der Waals surface area contributed by atoms with Crippen LogP contribution in [0.15, 0.2) is 35.2 Å². The SMILES string of the molecule is CCSc1cccc(C=CCSC(C)=O)c1. The summed E-state index contributed by atoms with van der Waals surface area (Å²) in [5, 5.41) is 0.167. The van der Waals surface area contributed by atoms with Crippen LogP contribution in [0.1, 0.15) is 19.4 Å². The minimum atomic E-state index is 0.167. The molecule has 3 heteroatoms. The van der Waals surface area contributed by atoms with E-state index in [-0.39, 0.29) is 5.12 Å². The first-order valence-electron chi connectivity index (χ1n) is 5.25. The van der Waals surface area contributed by atoms with Crippen LogP contribution in [-0.4, -0.2) is 16.6 Å². The summed E-state index contributed by atoms with van der Waals surface area (Å²) in [5.41, 5.74) is 1.20. The molecule has 0 aliphatic heterocycles. The second-order valence-corrected chi connectivity index (χ2v) is 5.74. The molecule has 0 heterocycles. The Hall–Kier alpha value is -0.670. The lowest BCUT2D eigenvalue weighted by atomic mass is 10.2. The molecule has 86 valence electrons. The van der Waals surface area contributed by atoms with Gasteiger partial charge in [-0.15, -0.1) is 11.8 Å². The molecule has 0 bridgehead atoms. The van der Waals surface area contributed by atoms with Gasteiger partial charge in [0.15, 0.2) is 5.12 Å². The van der Waals surface area contributed by atoms with Crippen LogP contribution < -0.4 is 0 Å². The Morgan fingerprint density at radius 3 is 2.94 bits per heavy atom. The van der Waals surface area contributed by atoms with E-state index in [9.17, 15) is 4.79 Å². The summed E-state index contributed by atoms with van der Waals surface area (Å²) in [6, 6.07) is 8.43. The van der Waals surface area contributed by atoms with E-state index in [0.717, 1.165) is 11.5 Å². The van der Waals surface area contributed by atoms with Crippen LogP contribution in [-0.2, 0) is 4.79 Å². The maximum absolute atomic E-state index is 10.7. The third kappa shape index (κ3) is 5.42. The van der Waals surface area contributed by atoms with Gasteiger partial charge in [0.05, 0.1) is 0 Å². The van der Waals surface area contributed by atoms with Crippen molar-refractivity contribution >= 4 is 34.7 Å². The number of hydrogen-bond acceptors (Lipinski definition) is 3. The Bertz CT molecular complexity index is 372. The van der Waals surface area contributed by atoms with Crippen molar-refractivity contribution in [2.75, 3.05) is 11.5 Å². The minimum absolute atomic E-state index is 0.167. The molecule has 0 aliphatic carbocycles. The number of carbonyl (C=O) groups is 1. The number of thioether (sulfide) groups is 2. The molecule has 1 aromatic carbocycles. The molecule has 1 nitrogen and oxygen atoms in total. The second kappa shape index (κ2) is 7.58. The van der Waals surface area contributed by atoms with Gasteiger partial charge in [-0.3, -0.25) is 4.79 Å². The van der Waals surface area contributed by atoms with Crippen molar-refractivity contribution in [2.45, 2.75) is 18.7 Å². The Morgan fingerprint density at radius 2 is 2.25 bits per heavy atom. The summed E-state index contributed by atoms with van der Waals surface area (Å²) in [6.45, 7) is 3.74. The molecule has 0 aliphatic rings. The fraction of sp³-hybridized carbons (Fsp3) is 0.308. The van der Waals surface area contributed by atoms with Gasteiger partial charge in [-0.1, -0.05) is 43.0 Å². The Labute approximate surface area is 106 Å². The standard InChI is InChI=1S/C13H16OS2/c1-3-15-13-8-4-6-12(10-13)7-5-9-16-11(2)14/h4-8,10H,3,9H2,1-2H3. The maximum atomic E-state index is 10.7. The van der Waals surface area contributed by atoms with Crippen molar-refractivity contribution in [1.29, 1.82) is 0 Å². The minimum Gasteiger partial charge on any atom is -0.288 e. The molecule has 0 N–H and O–H groups in total. The molecule has 0 aromatic heterocycles. The smallest absolute Gasteiger partial charge is 0.186 e. The van der Waals surface area contributed by atoms with E-state index in [0.29, 0.717) is 0 Å². The van der Waals surface area contributed by atoms with E-state index in [1.807, 2.05) is 17.8 Å². The molecule has 0 unspecified atom stereocenters. The molecule has 0 atom stereocenters. The summed E-state index contributed by atoms with van der Waals surface area (Å²) >= 11 is 3.17. The fourth-order valence-electron chi connectivity index (χ4n) is 1.22. The Kier molecular flexibility index (Phi) is 6.34. The van der Waals surface area contributed by atoms with Crippen LogP contribution in [0.25, 0.3) is 6.08 Å². The topological polar surface area (TPSA) is 17.1 Å². The van der Waals surface area contributed by atoms with Gasteiger partial charge in [0.25, 0.3) is 0 Å². The van der Waals surface area contributed by atoms with Gasteiger partial charge in [-0.2, -0.15) is 0 Å². The monoisotopic (exact) mass is 252 g/mol. The maximum Gasteiger partial charge on any atom is 0.186 e. The second-order valence-electron chi connectivity index (χ2n) is 3.21. The highest BCUT2D eigenvalue weighted by Crippen LogP contribution is 2.19. The average Bonchev–Trinajstić information content (AvgIpc) is 2.25. The summed E-state index contributed by atoms with van der Waals surface area (Å²) in [5.74, 6) is 1.84.